The summed E-state index contributed by atoms with van der Waals surface area (Å²) in [5, 5.41) is 1.56. The number of carbonyl (C=O) groups excluding carboxylic acids is 2. The number of ether oxygens (including phenoxy) is 2. The average molecular weight is 371 g/mol. The predicted octanol–water partition coefficient (Wildman–Crippen LogP) is 4.47. The van der Waals surface area contributed by atoms with Gasteiger partial charge in [-0.15, -0.1) is 0 Å². The van der Waals surface area contributed by atoms with E-state index in [0.29, 0.717) is 10.8 Å². The molecule has 0 N–H and O–H groups in total. The third-order valence-corrected chi connectivity index (χ3v) is 5.61. The summed E-state index contributed by atoms with van der Waals surface area (Å²) >= 11 is 14.6. The molecule has 0 aromatic heterocycles. The van der Waals surface area contributed by atoms with Gasteiger partial charge in [0.05, 0.1) is 35.4 Å². The summed E-state index contributed by atoms with van der Waals surface area (Å²) in [5.41, 5.74) is 2.18. The van der Waals surface area contributed by atoms with Crippen molar-refractivity contribution in [2.24, 2.45) is 0 Å². The Bertz CT molecular complexity index is 780. The molecular weight excluding hydrogens is 359 g/mol. The van der Waals surface area contributed by atoms with Crippen LogP contribution in [0.4, 0.5) is 0 Å². The molecule has 1 aliphatic heterocycles. The summed E-state index contributed by atoms with van der Waals surface area (Å²) in [5.74, 6) is 0.306. The van der Waals surface area contributed by atoms with Crippen molar-refractivity contribution >= 4 is 57.7 Å². The molecule has 120 valence electrons. The first-order valence-electron chi connectivity index (χ1n) is 6.70. The molecular formula is C16H12Cl2O4S. The smallest absolute Gasteiger partial charge is 0.340 e. The van der Waals surface area contributed by atoms with E-state index in [2.05, 4.69) is 0 Å². The van der Waals surface area contributed by atoms with Gasteiger partial charge in [-0.25, -0.2) is 9.59 Å². The van der Waals surface area contributed by atoms with E-state index in [1.54, 1.807) is 11.8 Å². The average Bonchev–Trinajstić information content (AvgIpc) is 3.02. The Hall–Kier alpha value is -1.43. The minimum atomic E-state index is -0.728. The standard InChI is InChI=1S/C16H12Cl2O4S/c1-21-15(19)11-12(16(20)22-2)14(18)10-4-8-6-23-5-7(8)3-9(10)13(11)17/h3-4H,5-6H2,1-2H3. The fourth-order valence-corrected chi connectivity index (χ4v) is 4.40. The van der Waals surface area contributed by atoms with Crippen LogP contribution in [-0.2, 0) is 21.0 Å². The van der Waals surface area contributed by atoms with Crippen LogP contribution < -0.4 is 0 Å². The van der Waals surface area contributed by atoms with Crippen molar-refractivity contribution in [2.45, 2.75) is 11.5 Å². The number of hydrogen-bond donors (Lipinski definition) is 0. The monoisotopic (exact) mass is 370 g/mol. The highest BCUT2D eigenvalue weighted by Gasteiger charge is 2.29. The number of halogens is 2. The van der Waals surface area contributed by atoms with Crippen LogP contribution in [0.1, 0.15) is 31.8 Å². The van der Waals surface area contributed by atoms with E-state index in [1.807, 2.05) is 12.1 Å². The zero-order valence-corrected chi connectivity index (χ0v) is 14.7. The van der Waals surface area contributed by atoms with Crippen molar-refractivity contribution in [3.63, 3.8) is 0 Å². The van der Waals surface area contributed by atoms with Gasteiger partial charge in [-0.05, 0) is 23.3 Å². The molecule has 23 heavy (non-hydrogen) atoms. The number of esters is 2. The Morgan fingerprint density at radius 2 is 1.30 bits per heavy atom. The Balaban J connectivity index is 2.44. The lowest BCUT2D eigenvalue weighted by molar-refractivity contribution is 0.0556. The normalized spacial score (nSPS) is 13.0. The van der Waals surface area contributed by atoms with E-state index < -0.39 is 11.9 Å². The van der Waals surface area contributed by atoms with Crippen molar-refractivity contribution in [2.75, 3.05) is 14.2 Å². The molecule has 0 saturated heterocycles. The van der Waals surface area contributed by atoms with Crippen LogP contribution in [0.3, 0.4) is 0 Å². The lowest BCUT2D eigenvalue weighted by atomic mass is 9.96. The molecule has 0 unspecified atom stereocenters. The van der Waals surface area contributed by atoms with Crippen LogP contribution in [0, 0.1) is 0 Å². The highest BCUT2D eigenvalue weighted by molar-refractivity contribution is 7.98. The lowest BCUT2D eigenvalue weighted by Gasteiger charge is -2.15. The van der Waals surface area contributed by atoms with Crippen LogP contribution in [-0.4, -0.2) is 26.2 Å². The Labute approximate surface area is 147 Å². The second-order valence-corrected chi connectivity index (χ2v) is 6.76. The molecule has 0 saturated carbocycles. The highest BCUT2D eigenvalue weighted by Crippen LogP contribution is 2.42. The fourth-order valence-electron chi connectivity index (χ4n) is 2.67. The number of hydrogen-bond acceptors (Lipinski definition) is 5. The molecule has 0 atom stereocenters. The fraction of sp³-hybridized carbons (Fsp3) is 0.250. The third-order valence-electron chi connectivity index (χ3n) is 3.80. The highest BCUT2D eigenvalue weighted by atomic mass is 35.5. The van der Waals surface area contributed by atoms with E-state index in [-0.39, 0.29) is 21.2 Å². The molecule has 0 amide bonds. The molecule has 3 rings (SSSR count). The van der Waals surface area contributed by atoms with E-state index in [1.165, 1.54) is 14.2 Å². The van der Waals surface area contributed by atoms with Gasteiger partial charge in [0.25, 0.3) is 0 Å². The molecule has 1 heterocycles. The molecule has 4 nitrogen and oxygen atoms in total. The van der Waals surface area contributed by atoms with E-state index >= 15 is 0 Å². The lowest BCUT2D eigenvalue weighted by Crippen LogP contribution is -2.14. The van der Waals surface area contributed by atoms with Crippen LogP contribution in [0.2, 0.25) is 10.0 Å². The van der Waals surface area contributed by atoms with Gasteiger partial charge in [0.1, 0.15) is 0 Å². The maximum Gasteiger partial charge on any atom is 0.340 e. The van der Waals surface area contributed by atoms with Gasteiger partial charge in [-0.2, -0.15) is 11.8 Å². The third kappa shape index (κ3) is 2.57. The summed E-state index contributed by atoms with van der Waals surface area (Å²) in [4.78, 5) is 24.3. The molecule has 7 heteroatoms. The summed E-state index contributed by atoms with van der Waals surface area (Å²) in [6, 6.07) is 3.85. The molecule has 1 aliphatic rings. The molecule has 2 aromatic carbocycles. The number of benzene rings is 2. The summed E-state index contributed by atoms with van der Waals surface area (Å²) in [7, 11) is 2.44. The first kappa shape index (κ1) is 16.4. The maximum atomic E-state index is 12.1. The van der Waals surface area contributed by atoms with Crippen molar-refractivity contribution in [3.05, 3.63) is 44.4 Å². The van der Waals surface area contributed by atoms with E-state index in [0.717, 1.165) is 22.6 Å². The van der Waals surface area contributed by atoms with Gasteiger partial charge in [0.2, 0.25) is 0 Å². The van der Waals surface area contributed by atoms with Crippen LogP contribution in [0.15, 0.2) is 12.1 Å². The number of carbonyl (C=O) groups is 2. The second kappa shape index (κ2) is 6.23. The zero-order valence-electron chi connectivity index (χ0n) is 12.4. The summed E-state index contributed by atoms with van der Waals surface area (Å²) in [6.07, 6.45) is 0. The van der Waals surface area contributed by atoms with Crippen molar-refractivity contribution in [1.82, 2.24) is 0 Å². The molecule has 0 radical (unpaired) electrons. The first-order valence-corrected chi connectivity index (χ1v) is 8.61. The van der Waals surface area contributed by atoms with E-state index in [9.17, 15) is 9.59 Å². The minimum absolute atomic E-state index is 0.0656. The second-order valence-electron chi connectivity index (χ2n) is 5.02. The van der Waals surface area contributed by atoms with Crippen molar-refractivity contribution < 1.29 is 19.1 Å². The molecule has 0 spiro atoms. The Morgan fingerprint density at radius 1 is 0.913 bits per heavy atom. The van der Waals surface area contributed by atoms with Gasteiger partial charge in [0, 0.05) is 22.3 Å². The quantitative estimate of drug-likeness (QED) is 0.730. The number of rotatable bonds is 2. The largest absolute Gasteiger partial charge is 0.465 e. The molecule has 0 aliphatic carbocycles. The Kier molecular flexibility index (Phi) is 4.45. The van der Waals surface area contributed by atoms with Gasteiger partial charge in [-0.1, -0.05) is 23.2 Å². The number of thioether (sulfide) groups is 1. The molecule has 0 fully saturated rings. The van der Waals surface area contributed by atoms with Crippen molar-refractivity contribution in [3.8, 4) is 0 Å². The summed E-state index contributed by atoms with van der Waals surface area (Å²) in [6.45, 7) is 0. The van der Waals surface area contributed by atoms with Gasteiger partial charge < -0.3 is 9.47 Å². The molecule has 2 aromatic rings. The zero-order chi connectivity index (χ0) is 16.7. The Morgan fingerprint density at radius 3 is 1.65 bits per heavy atom. The van der Waals surface area contributed by atoms with Crippen LogP contribution in [0.5, 0.6) is 0 Å². The summed E-state index contributed by atoms with van der Waals surface area (Å²) < 4.78 is 9.51. The van der Waals surface area contributed by atoms with Gasteiger partial charge in [0.15, 0.2) is 0 Å². The minimum Gasteiger partial charge on any atom is -0.465 e. The number of fused-ring (bicyclic) bond motifs is 2. The first-order chi connectivity index (χ1) is 11.0. The van der Waals surface area contributed by atoms with Crippen molar-refractivity contribution in [1.29, 1.82) is 0 Å². The number of methoxy groups -OCH3 is 2. The maximum absolute atomic E-state index is 12.1. The molecule has 0 bridgehead atoms. The SMILES string of the molecule is COC(=O)c1c(C(=O)OC)c(Cl)c2cc3c(cc2c1Cl)CSC3. The topological polar surface area (TPSA) is 52.6 Å². The van der Waals surface area contributed by atoms with E-state index in [4.69, 9.17) is 32.7 Å². The predicted molar refractivity (Wildman–Crippen MR) is 91.6 cm³/mol. The van der Waals surface area contributed by atoms with Gasteiger partial charge >= 0.3 is 11.9 Å². The van der Waals surface area contributed by atoms with Crippen LogP contribution >= 0.6 is 35.0 Å². The van der Waals surface area contributed by atoms with Gasteiger partial charge in [-0.3, -0.25) is 0 Å². The van der Waals surface area contributed by atoms with Crippen LogP contribution in [0.25, 0.3) is 10.8 Å².